The van der Waals surface area contributed by atoms with Crippen LogP contribution < -0.4 is 4.72 Å². The van der Waals surface area contributed by atoms with Gasteiger partial charge in [0.25, 0.3) is 5.69 Å². The highest BCUT2D eigenvalue weighted by molar-refractivity contribution is 7.89. The molecule has 2 heterocycles. The van der Waals surface area contributed by atoms with Crippen LogP contribution in [0.3, 0.4) is 0 Å². The number of nitro groups is 1. The summed E-state index contributed by atoms with van der Waals surface area (Å²) in [6, 6.07) is 8.66. The molecule has 0 unspecified atom stereocenters. The van der Waals surface area contributed by atoms with Gasteiger partial charge in [-0.25, -0.2) is 23.1 Å². The molecule has 0 spiro atoms. The molecule has 1 aromatic carbocycles. The number of para-hydroxylation sites is 1. The third-order valence-corrected chi connectivity index (χ3v) is 5.15. The van der Waals surface area contributed by atoms with Gasteiger partial charge in [-0.15, -0.1) is 0 Å². The number of nitro benzene ring substituents is 1. The Hall–Kier alpha value is -3.11. The van der Waals surface area contributed by atoms with Crippen molar-refractivity contribution in [1.82, 2.24) is 19.3 Å². The molecule has 0 amide bonds. The smallest absolute Gasteiger partial charge is 0.288 e. The molecule has 0 aliphatic rings. The summed E-state index contributed by atoms with van der Waals surface area (Å²) in [6.07, 6.45) is 4.97. The SMILES string of the molecule is Cc1nccn1-c1ccc(CNS(=O)(=O)c2ccccc2[N+](=O)[O-])cn1. The van der Waals surface area contributed by atoms with E-state index in [1.165, 1.54) is 24.4 Å². The maximum atomic E-state index is 12.4. The summed E-state index contributed by atoms with van der Waals surface area (Å²) >= 11 is 0. The molecule has 10 heteroatoms. The van der Waals surface area contributed by atoms with E-state index in [1.54, 1.807) is 29.1 Å². The predicted octanol–water partition coefficient (Wildman–Crippen LogP) is 1.96. The maximum Gasteiger partial charge on any atom is 0.289 e. The molecule has 0 bridgehead atoms. The molecule has 2 aromatic heterocycles. The Kier molecular flexibility index (Phi) is 4.78. The van der Waals surface area contributed by atoms with E-state index in [0.29, 0.717) is 11.4 Å². The topological polar surface area (TPSA) is 120 Å². The zero-order valence-corrected chi connectivity index (χ0v) is 14.5. The second-order valence-corrected chi connectivity index (χ2v) is 7.15. The van der Waals surface area contributed by atoms with Crippen molar-refractivity contribution >= 4 is 15.7 Å². The highest BCUT2D eigenvalue weighted by Gasteiger charge is 2.24. The summed E-state index contributed by atoms with van der Waals surface area (Å²) < 4.78 is 28.9. The summed E-state index contributed by atoms with van der Waals surface area (Å²) in [5.74, 6) is 1.44. The molecule has 0 saturated heterocycles. The Morgan fingerprint density at radius 3 is 2.58 bits per heavy atom. The van der Waals surface area contributed by atoms with Crippen molar-refractivity contribution in [1.29, 1.82) is 0 Å². The second-order valence-electron chi connectivity index (χ2n) is 5.42. The molecule has 0 atom stereocenters. The van der Waals surface area contributed by atoms with E-state index in [9.17, 15) is 18.5 Å². The zero-order chi connectivity index (χ0) is 18.7. The van der Waals surface area contributed by atoms with E-state index < -0.39 is 20.6 Å². The number of sulfonamides is 1. The van der Waals surface area contributed by atoms with Crippen molar-refractivity contribution in [3.05, 3.63) is 76.5 Å². The van der Waals surface area contributed by atoms with Crippen LogP contribution in [0.25, 0.3) is 5.82 Å². The normalized spacial score (nSPS) is 11.4. The summed E-state index contributed by atoms with van der Waals surface area (Å²) in [5.41, 5.74) is 0.151. The minimum absolute atomic E-state index is 0.0371. The summed E-state index contributed by atoms with van der Waals surface area (Å²) in [5, 5.41) is 11.0. The number of hydrogen-bond acceptors (Lipinski definition) is 6. The van der Waals surface area contributed by atoms with E-state index in [4.69, 9.17) is 0 Å². The molecule has 0 fully saturated rings. The zero-order valence-electron chi connectivity index (χ0n) is 13.7. The lowest BCUT2D eigenvalue weighted by Gasteiger charge is -2.08. The van der Waals surface area contributed by atoms with Gasteiger partial charge in [-0.05, 0) is 24.6 Å². The van der Waals surface area contributed by atoms with Gasteiger partial charge in [-0.1, -0.05) is 18.2 Å². The van der Waals surface area contributed by atoms with E-state index in [1.807, 2.05) is 6.92 Å². The maximum absolute atomic E-state index is 12.4. The number of imidazole rings is 1. The minimum Gasteiger partial charge on any atom is -0.288 e. The largest absolute Gasteiger partial charge is 0.289 e. The average molecular weight is 373 g/mol. The Bertz CT molecular complexity index is 1040. The number of aryl methyl sites for hydroxylation is 1. The molecule has 0 aliphatic heterocycles. The van der Waals surface area contributed by atoms with Gasteiger partial charge < -0.3 is 0 Å². The molecule has 9 nitrogen and oxygen atoms in total. The second kappa shape index (κ2) is 7.02. The third-order valence-electron chi connectivity index (χ3n) is 3.70. The fraction of sp³-hybridized carbons (Fsp3) is 0.125. The first-order valence-corrected chi connectivity index (χ1v) is 9.05. The van der Waals surface area contributed by atoms with Crippen LogP contribution in [0.1, 0.15) is 11.4 Å². The Morgan fingerprint density at radius 2 is 1.96 bits per heavy atom. The lowest BCUT2D eigenvalue weighted by atomic mass is 10.3. The van der Waals surface area contributed by atoms with Crippen LogP contribution in [0, 0.1) is 17.0 Å². The van der Waals surface area contributed by atoms with Gasteiger partial charge >= 0.3 is 0 Å². The number of hydrogen-bond donors (Lipinski definition) is 1. The number of pyridine rings is 1. The quantitative estimate of drug-likeness (QED) is 0.521. The van der Waals surface area contributed by atoms with Crippen molar-refractivity contribution in [2.45, 2.75) is 18.4 Å². The van der Waals surface area contributed by atoms with E-state index in [2.05, 4.69) is 14.7 Å². The highest BCUT2D eigenvalue weighted by atomic mass is 32.2. The molecule has 3 rings (SSSR count). The fourth-order valence-corrected chi connectivity index (χ4v) is 3.56. The fourth-order valence-electron chi connectivity index (χ4n) is 2.38. The van der Waals surface area contributed by atoms with Crippen molar-refractivity contribution in [2.24, 2.45) is 0 Å². The van der Waals surface area contributed by atoms with Crippen molar-refractivity contribution in [3.8, 4) is 5.82 Å². The standard InChI is InChI=1S/C16H15N5O4S/c1-12-17-8-9-20(12)16-7-6-13(10-18-16)11-19-26(24,25)15-5-3-2-4-14(15)21(22)23/h2-10,19H,11H2,1H3. The molecule has 1 N–H and O–H groups in total. The van der Waals surface area contributed by atoms with E-state index >= 15 is 0 Å². The summed E-state index contributed by atoms with van der Waals surface area (Å²) in [4.78, 5) is 18.3. The summed E-state index contributed by atoms with van der Waals surface area (Å²) in [6.45, 7) is 1.81. The average Bonchev–Trinajstić information content (AvgIpc) is 3.06. The van der Waals surface area contributed by atoms with E-state index in [-0.39, 0.29) is 11.4 Å². The van der Waals surface area contributed by atoms with Crippen LogP contribution in [0.2, 0.25) is 0 Å². The van der Waals surface area contributed by atoms with Gasteiger partial charge in [-0.3, -0.25) is 14.7 Å². The van der Waals surface area contributed by atoms with Crippen LogP contribution in [-0.2, 0) is 16.6 Å². The highest BCUT2D eigenvalue weighted by Crippen LogP contribution is 2.22. The van der Waals surface area contributed by atoms with Crippen molar-refractivity contribution < 1.29 is 13.3 Å². The Labute approximate surface area is 149 Å². The van der Waals surface area contributed by atoms with Crippen molar-refractivity contribution in [3.63, 3.8) is 0 Å². The number of aromatic nitrogens is 3. The van der Waals surface area contributed by atoms with Gasteiger partial charge in [-0.2, -0.15) is 0 Å². The first kappa shape index (κ1) is 17.7. The van der Waals surface area contributed by atoms with Crippen LogP contribution in [0.15, 0.2) is 59.9 Å². The number of nitrogens with zero attached hydrogens (tertiary/aromatic N) is 4. The van der Waals surface area contributed by atoms with Crippen LogP contribution >= 0.6 is 0 Å². The molecule has 134 valence electrons. The number of nitrogens with one attached hydrogen (secondary N) is 1. The molecule has 0 aliphatic carbocycles. The minimum atomic E-state index is -4.03. The molecule has 0 radical (unpaired) electrons. The van der Waals surface area contributed by atoms with Gasteiger partial charge in [0.2, 0.25) is 10.0 Å². The van der Waals surface area contributed by atoms with E-state index in [0.717, 1.165) is 11.9 Å². The van der Waals surface area contributed by atoms with Crippen LogP contribution in [0.5, 0.6) is 0 Å². The van der Waals surface area contributed by atoms with Crippen LogP contribution in [0.4, 0.5) is 5.69 Å². The Balaban J connectivity index is 1.77. The van der Waals surface area contributed by atoms with Gasteiger partial charge in [0.1, 0.15) is 11.6 Å². The molecule has 0 saturated carbocycles. The first-order chi connectivity index (χ1) is 12.4. The number of benzene rings is 1. The molecule has 26 heavy (non-hydrogen) atoms. The van der Waals surface area contributed by atoms with Crippen LogP contribution in [-0.4, -0.2) is 27.9 Å². The Morgan fingerprint density at radius 1 is 1.19 bits per heavy atom. The molecular weight excluding hydrogens is 358 g/mol. The third kappa shape index (κ3) is 3.60. The monoisotopic (exact) mass is 373 g/mol. The van der Waals surface area contributed by atoms with Gasteiger partial charge in [0.05, 0.1) is 4.92 Å². The molecular formula is C16H15N5O4S. The van der Waals surface area contributed by atoms with Crippen molar-refractivity contribution in [2.75, 3.05) is 0 Å². The van der Waals surface area contributed by atoms with Gasteiger partial charge in [0.15, 0.2) is 4.90 Å². The lowest BCUT2D eigenvalue weighted by Crippen LogP contribution is -2.24. The molecule has 3 aromatic rings. The number of rotatable bonds is 6. The summed E-state index contributed by atoms with van der Waals surface area (Å²) in [7, 11) is -4.03. The van der Waals surface area contributed by atoms with Gasteiger partial charge in [0, 0.05) is 31.2 Å². The lowest BCUT2D eigenvalue weighted by molar-refractivity contribution is -0.387. The first-order valence-electron chi connectivity index (χ1n) is 7.57. The predicted molar refractivity (Wildman–Crippen MR) is 93.2 cm³/mol.